The molecular formula is C19H17BrFN3O2. The second-order valence-corrected chi connectivity index (χ2v) is 6.24. The van der Waals surface area contributed by atoms with Crippen molar-refractivity contribution in [2.24, 2.45) is 0 Å². The molecule has 0 amide bonds. The lowest BCUT2D eigenvalue weighted by molar-refractivity contribution is -0.694. The summed E-state index contributed by atoms with van der Waals surface area (Å²) in [7, 11) is 0. The van der Waals surface area contributed by atoms with Crippen molar-refractivity contribution in [1.29, 1.82) is 0 Å². The number of nitro benzene ring substituents is 1. The second-order valence-electron chi connectivity index (χ2n) is 6.24. The highest BCUT2D eigenvalue weighted by molar-refractivity contribution is 5.58. The largest absolute Gasteiger partial charge is 1.00 e. The van der Waals surface area contributed by atoms with Crippen LogP contribution in [0.1, 0.15) is 17.8 Å². The Bertz CT molecular complexity index is 937. The van der Waals surface area contributed by atoms with E-state index in [9.17, 15) is 14.5 Å². The van der Waals surface area contributed by atoms with Gasteiger partial charge in [0.1, 0.15) is 18.6 Å². The molecule has 1 aliphatic heterocycles. The fourth-order valence-electron chi connectivity index (χ4n) is 3.42. The Morgan fingerprint density at radius 1 is 1.12 bits per heavy atom. The minimum atomic E-state index is -0.389. The van der Waals surface area contributed by atoms with Gasteiger partial charge in [-0.3, -0.25) is 10.1 Å². The molecule has 0 fully saturated rings. The van der Waals surface area contributed by atoms with Crippen molar-refractivity contribution in [3.63, 3.8) is 0 Å². The Morgan fingerprint density at radius 3 is 2.46 bits per heavy atom. The predicted molar refractivity (Wildman–Crippen MR) is 90.5 cm³/mol. The predicted octanol–water partition coefficient (Wildman–Crippen LogP) is 0.488. The van der Waals surface area contributed by atoms with E-state index in [1.165, 1.54) is 30.1 Å². The third kappa shape index (κ3) is 3.39. The van der Waals surface area contributed by atoms with E-state index in [-0.39, 0.29) is 33.4 Å². The van der Waals surface area contributed by atoms with Gasteiger partial charge >= 0.3 is 0 Å². The van der Waals surface area contributed by atoms with Gasteiger partial charge in [0.2, 0.25) is 0 Å². The van der Waals surface area contributed by atoms with Gasteiger partial charge < -0.3 is 17.0 Å². The van der Waals surface area contributed by atoms with E-state index in [4.69, 9.17) is 0 Å². The van der Waals surface area contributed by atoms with Crippen molar-refractivity contribution in [3.8, 4) is 11.3 Å². The average Bonchev–Trinajstić information content (AvgIpc) is 3.20. The van der Waals surface area contributed by atoms with Crippen molar-refractivity contribution in [3.05, 3.63) is 82.0 Å². The highest BCUT2D eigenvalue weighted by Crippen LogP contribution is 2.25. The number of fused-ring (bicyclic) bond motifs is 1. The molecule has 0 aliphatic carbocycles. The van der Waals surface area contributed by atoms with Gasteiger partial charge in [0.15, 0.2) is 5.69 Å². The molecule has 0 radical (unpaired) electrons. The van der Waals surface area contributed by atoms with Gasteiger partial charge in [0, 0.05) is 17.7 Å². The molecule has 0 saturated carbocycles. The van der Waals surface area contributed by atoms with E-state index in [1.54, 1.807) is 24.3 Å². The van der Waals surface area contributed by atoms with E-state index < -0.39 is 0 Å². The fraction of sp³-hybridized carbons (Fsp3) is 0.211. The van der Waals surface area contributed by atoms with Gasteiger partial charge in [0.25, 0.3) is 11.5 Å². The summed E-state index contributed by atoms with van der Waals surface area (Å²) in [6.07, 6.45) is 4.17. The van der Waals surface area contributed by atoms with Crippen LogP contribution in [-0.2, 0) is 19.5 Å². The maximum Gasteiger partial charge on any atom is 0.269 e. The number of hydrogen-bond acceptors (Lipinski definition) is 2. The zero-order chi connectivity index (χ0) is 17.4. The maximum atomic E-state index is 13.2. The summed E-state index contributed by atoms with van der Waals surface area (Å²) in [5.74, 6) is 0.994. The molecule has 3 aromatic rings. The van der Waals surface area contributed by atoms with E-state index in [2.05, 4.69) is 15.3 Å². The lowest BCUT2D eigenvalue weighted by atomic mass is 10.1. The molecule has 0 unspecified atom stereocenters. The Morgan fingerprint density at radius 2 is 1.81 bits per heavy atom. The molecule has 1 aliphatic rings. The zero-order valence-corrected chi connectivity index (χ0v) is 15.5. The van der Waals surface area contributed by atoms with E-state index in [1.807, 2.05) is 0 Å². The Balaban J connectivity index is 0.00000196. The molecule has 0 bridgehead atoms. The fourth-order valence-corrected chi connectivity index (χ4v) is 3.42. The summed E-state index contributed by atoms with van der Waals surface area (Å²) in [4.78, 5) is 10.4. The van der Waals surface area contributed by atoms with Crippen molar-refractivity contribution in [1.82, 2.24) is 4.57 Å². The monoisotopic (exact) mass is 417 g/mol. The molecule has 4 rings (SSSR count). The lowest BCUT2D eigenvalue weighted by Gasteiger charge is -2.00. The molecule has 0 saturated heterocycles. The summed E-state index contributed by atoms with van der Waals surface area (Å²) in [6.45, 7) is 1.61. The van der Waals surface area contributed by atoms with Gasteiger partial charge in [0.05, 0.1) is 17.9 Å². The van der Waals surface area contributed by atoms with Crippen LogP contribution in [-0.4, -0.2) is 9.49 Å². The van der Waals surface area contributed by atoms with Crippen LogP contribution in [0.2, 0.25) is 0 Å². The third-order valence-electron chi connectivity index (χ3n) is 4.63. The number of hydrogen-bond donors (Lipinski definition) is 0. The van der Waals surface area contributed by atoms with Gasteiger partial charge in [-0.1, -0.05) is 0 Å². The molecule has 0 N–H and O–H groups in total. The lowest BCUT2D eigenvalue weighted by Crippen LogP contribution is -3.00. The smallest absolute Gasteiger partial charge is 0.269 e. The van der Waals surface area contributed by atoms with Gasteiger partial charge in [-0.05, 0) is 48.4 Å². The molecule has 1 aromatic heterocycles. The number of aromatic nitrogens is 2. The van der Waals surface area contributed by atoms with Crippen molar-refractivity contribution < 1.29 is 30.9 Å². The van der Waals surface area contributed by atoms with Gasteiger partial charge in [-0.15, -0.1) is 0 Å². The number of rotatable bonds is 4. The van der Waals surface area contributed by atoms with Crippen LogP contribution in [0.25, 0.3) is 11.3 Å². The van der Waals surface area contributed by atoms with Crippen molar-refractivity contribution >= 4 is 5.69 Å². The summed E-state index contributed by atoms with van der Waals surface area (Å²) < 4.78 is 17.7. The normalized spacial score (nSPS) is 12.5. The van der Waals surface area contributed by atoms with Crippen LogP contribution >= 0.6 is 0 Å². The second kappa shape index (κ2) is 7.37. The van der Waals surface area contributed by atoms with Crippen LogP contribution in [0.15, 0.2) is 54.7 Å². The highest BCUT2D eigenvalue weighted by Gasteiger charge is 2.28. The van der Waals surface area contributed by atoms with Crippen LogP contribution in [0.4, 0.5) is 10.1 Å². The molecule has 2 heterocycles. The summed E-state index contributed by atoms with van der Waals surface area (Å²) in [5.41, 5.74) is 3.19. The molecule has 2 aromatic carbocycles. The van der Waals surface area contributed by atoms with Crippen LogP contribution < -0.4 is 21.5 Å². The molecular weight excluding hydrogens is 401 g/mol. The first-order valence-corrected chi connectivity index (χ1v) is 8.23. The van der Waals surface area contributed by atoms with Crippen LogP contribution in [0.5, 0.6) is 0 Å². The molecule has 0 spiro atoms. The summed E-state index contributed by atoms with van der Waals surface area (Å²) in [5, 5.41) is 10.8. The van der Waals surface area contributed by atoms with Crippen LogP contribution in [0, 0.1) is 15.9 Å². The number of non-ortho nitro benzene ring substituents is 1. The summed E-state index contributed by atoms with van der Waals surface area (Å²) >= 11 is 0. The highest BCUT2D eigenvalue weighted by atomic mass is 79.9. The molecule has 134 valence electrons. The maximum absolute atomic E-state index is 13.2. The van der Waals surface area contributed by atoms with E-state index in [0.29, 0.717) is 6.54 Å². The minimum Gasteiger partial charge on any atom is -1.00 e. The first-order chi connectivity index (χ1) is 12.1. The first-order valence-electron chi connectivity index (χ1n) is 8.23. The number of nitro groups is 1. The molecule has 26 heavy (non-hydrogen) atoms. The Hall–Kier alpha value is -2.54. The topological polar surface area (TPSA) is 52.0 Å². The quantitative estimate of drug-likeness (QED) is 0.352. The van der Waals surface area contributed by atoms with Gasteiger partial charge in [-0.2, -0.15) is 0 Å². The minimum absolute atomic E-state index is 0. The SMILES string of the molecule is O=[N+]([O-])c1ccc(C[n+]2cc(-c3ccc(F)cc3)n3c2CCC3)cc1.[Br-]. The average molecular weight is 418 g/mol. The van der Waals surface area contributed by atoms with E-state index in [0.717, 1.165) is 36.2 Å². The first kappa shape index (κ1) is 18.3. The summed E-state index contributed by atoms with van der Waals surface area (Å²) in [6, 6.07) is 13.2. The zero-order valence-electron chi connectivity index (χ0n) is 13.9. The number of nitrogens with zero attached hydrogens (tertiary/aromatic N) is 3. The number of imidazole rings is 1. The molecule has 7 heteroatoms. The third-order valence-corrected chi connectivity index (χ3v) is 4.63. The molecule has 0 atom stereocenters. The van der Waals surface area contributed by atoms with E-state index >= 15 is 0 Å². The molecule has 5 nitrogen and oxygen atoms in total. The van der Waals surface area contributed by atoms with Gasteiger partial charge in [-0.25, -0.2) is 13.5 Å². The Labute approximate surface area is 160 Å². The van der Waals surface area contributed by atoms with Crippen molar-refractivity contribution in [2.75, 3.05) is 0 Å². The van der Waals surface area contributed by atoms with Crippen molar-refractivity contribution in [2.45, 2.75) is 25.9 Å². The Kier molecular flexibility index (Phi) is 5.18. The van der Waals surface area contributed by atoms with Crippen LogP contribution in [0.3, 0.4) is 0 Å². The standard InChI is InChI=1S/C19H17FN3O2.BrH/c20-16-7-5-15(6-8-16)18-13-21(19-2-1-11-22(18)19)12-14-3-9-17(10-4-14)23(24)25;/h3-10,13H,1-2,11-12H2;1H/q+1;/p-1. The number of benzene rings is 2. The number of halogens is 2.